The molecular formula is C20H13F3N2O4. The Balaban J connectivity index is 1.72. The second-order valence-electron chi connectivity index (χ2n) is 6.56. The molecule has 1 aliphatic rings. The number of pyridine rings is 1. The van der Waals surface area contributed by atoms with Crippen LogP contribution in [-0.2, 0) is 6.18 Å². The van der Waals surface area contributed by atoms with Crippen LogP contribution in [0.25, 0.3) is 11.1 Å². The summed E-state index contributed by atoms with van der Waals surface area (Å²) in [5.41, 5.74) is -0.482. The van der Waals surface area contributed by atoms with Crippen LogP contribution < -0.4 is 10.9 Å². The highest BCUT2D eigenvalue weighted by atomic mass is 19.4. The standard InChI is InChI=1S/C20H13F3N2O4/c21-20(22,23)16-6-5-13(18(28)24-16)19(29)25-17-11-3-1-9(26)7-14(11)15-8-10(27)2-4-12(15)17/h1-8,17,26-27H,(H,24,28)(H,25,29). The topological polar surface area (TPSA) is 102 Å². The van der Waals surface area contributed by atoms with E-state index in [0.29, 0.717) is 28.3 Å². The minimum atomic E-state index is -4.73. The fraction of sp³-hybridized carbons (Fsp3) is 0.100. The molecule has 9 heteroatoms. The van der Waals surface area contributed by atoms with E-state index >= 15 is 0 Å². The van der Waals surface area contributed by atoms with Crippen LogP contribution in [0.3, 0.4) is 0 Å². The highest BCUT2D eigenvalue weighted by molar-refractivity contribution is 5.95. The van der Waals surface area contributed by atoms with Crippen molar-refractivity contribution in [3.05, 3.63) is 81.3 Å². The minimum absolute atomic E-state index is 0.01000. The number of halogens is 3. The lowest BCUT2D eigenvalue weighted by atomic mass is 10.0. The first-order valence-electron chi connectivity index (χ1n) is 8.43. The normalized spacial score (nSPS) is 13.1. The van der Waals surface area contributed by atoms with Crippen LogP contribution in [0.1, 0.15) is 33.2 Å². The zero-order valence-corrected chi connectivity index (χ0v) is 14.5. The lowest BCUT2D eigenvalue weighted by Crippen LogP contribution is -2.33. The van der Waals surface area contributed by atoms with Gasteiger partial charge in [-0.05, 0) is 58.7 Å². The smallest absolute Gasteiger partial charge is 0.431 e. The van der Waals surface area contributed by atoms with Crippen LogP contribution in [0.15, 0.2) is 53.3 Å². The van der Waals surface area contributed by atoms with Gasteiger partial charge in [-0.25, -0.2) is 0 Å². The Bertz CT molecular complexity index is 1150. The van der Waals surface area contributed by atoms with Crippen LogP contribution in [0.2, 0.25) is 0 Å². The van der Waals surface area contributed by atoms with Crippen molar-refractivity contribution < 1.29 is 28.2 Å². The number of phenolic OH excluding ortho intramolecular Hbond substituents is 2. The van der Waals surface area contributed by atoms with Gasteiger partial charge in [0.25, 0.3) is 11.5 Å². The van der Waals surface area contributed by atoms with Gasteiger partial charge in [-0.15, -0.1) is 0 Å². The first-order valence-corrected chi connectivity index (χ1v) is 8.43. The average molecular weight is 402 g/mol. The molecule has 0 spiro atoms. The number of rotatable bonds is 2. The van der Waals surface area contributed by atoms with Gasteiger partial charge in [0, 0.05) is 0 Å². The molecule has 0 aliphatic heterocycles. The molecule has 0 radical (unpaired) electrons. The van der Waals surface area contributed by atoms with E-state index < -0.39 is 34.9 Å². The molecule has 2 aromatic carbocycles. The van der Waals surface area contributed by atoms with Gasteiger partial charge in [-0.3, -0.25) is 9.59 Å². The van der Waals surface area contributed by atoms with Crippen LogP contribution in [0.5, 0.6) is 11.5 Å². The van der Waals surface area contributed by atoms with E-state index in [1.165, 1.54) is 24.3 Å². The summed E-state index contributed by atoms with van der Waals surface area (Å²) in [4.78, 5) is 26.3. The number of nitrogens with one attached hydrogen (secondary N) is 2. The third kappa shape index (κ3) is 3.20. The monoisotopic (exact) mass is 402 g/mol. The van der Waals surface area contributed by atoms with E-state index in [1.807, 2.05) is 0 Å². The van der Waals surface area contributed by atoms with E-state index in [1.54, 1.807) is 17.1 Å². The van der Waals surface area contributed by atoms with Gasteiger partial charge in [0.1, 0.15) is 22.8 Å². The average Bonchev–Trinajstić information content (AvgIpc) is 2.93. The van der Waals surface area contributed by atoms with E-state index in [2.05, 4.69) is 5.32 Å². The summed E-state index contributed by atoms with van der Waals surface area (Å²) in [6, 6.07) is 9.71. The van der Waals surface area contributed by atoms with E-state index in [4.69, 9.17) is 0 Å². The lowest BCUT2D eigenvalue weighted by molar-refractivity contribution is -0.141. The van der Waals surface area contributed by atoms with Gasteiger partial charge >= 0.3 is 6.18 Å². The van der Waals surface area contributed by atoms with Gasteiger partial charge in [-0.1, -0.05) is 12.1 Å². The number of hydrogen-bond acceptors (Lipinski definition) is 4. The molecule has 1 aromatic heterocycles. The molecule has 0 saturated heterocycles. The van der Waals surface area contributed by atoms with Crippen molar-refractivity contribution in [3.8, 4) is 22.6 Å². The minimum Gasteiger partial charge on any atom is -0.508 e. The van der Waals surface area contributed by atoms with Crippen molar-refractivity contribution in [1.82, 2.24) is 10.3 Å². The third-order valence-corrected chi connectivity index (χ3v) is 4.72. The van der Waals surface area contributed by atoms with Crippen molar-refractivity contribution in [2.45, 2.75) is 12.2 Å². The number of phenols is 2. The number of alkyl halides is 3. The third-order valence-electron chi connectivity index (χ3n) is 4.72. The molecule has 3 aromatic rings. The number of benzene rings is 2. The van der Waals surface area contributed by atoms with Crippen molar-refractivity contribution in [2.24, 2.45) is 0 Å². The second kappa shape index (κ2) is 6.40. The largest absolute Gasteiger partial charge is 0.508 e. The summed E-state index contributed by atoms with van der Waals surface area (Å²) in [5.74, 6) is -0.877. The summed E-state index contributed by atoms with van der Waals surface area (Å²) in [7, 11) is 0. The summed E-state index contributed by atoms with van der Waals surface area (Å²) < 4.78 is 38.1. The Hall–Kier alpha value is -3.75. The van der Waals surface area contributed by atoms with Gasteiger partial charge in [-0.2, -0.15) is 13.2 Å². The molecule has 4 rings (SSSR count). The SMILES string of the molecule is O=C(NC1c2ccc(O)cc2-c2cc(O)ccc21)c1ccc(C(F)(F)F)[nH]c1=O. The van der Waals surface area contributed by atoms with Crippen molar-refractivity contribution >= 4 is 5.91 Å². The van der Waals surface area contributed by atoms with Gasteiger partial charge in [0.05, 0.1) is 6.04 Å². The maximum Gasteiger partial charge on any atom is 0.431 e. The number of aromatic amines is 1. The molecule has 1 aliphatic carbocycles. The van der Waals surface area contributed by atoms with Crippen LogP contribution in [0.4, 0.5) is 13.2 Å². The summed E-state index contributed by atoms with van der Waals surface area (Å²) in [5, 5.41) is 22.2. The Morgan fingerprint density at radius 3 is 1.97 bits per heavy atom. The molecule has 0 saturated carbocycles. The van der Waals surface area contributed by atoms with E-state index in [-0.39, 0.29) is 11.5 Å². The highest BCUT2D eigenvalue weighted by Crippen LogP contribution is 2.45. The number of fused-ring (bicyclic) bond motifs is 3. The summed E-state index contributed by atoms with van der Waals surface area (Å²) in [6.45, 7) is 0. The molecule has 0 atom stereocenters. The fourth-order valence-corrected chi connectivity index (χ4v) is 3.41. The number of carbonyl (C=O) groups is 1. The maximum atomic E-state index is 12.7. The first kappa shape index (κ1) is 18.6. The summed E-state index contributed by atoms with van der Waals surface area (Å²) >= 11 is 0. The lowest BCUT2D eigenvalue weighted by Gasteiger charge is -2.16. The van der Waals surface area contributed by atoms with E-state index in [9.17, 15) is 33.0 Å². The van der Waals surface area contributed by atoms with Gasteiger partial charge < -0.3 is 20.5 Å². The highest BCUT2D eigenvalue weighted by Gasteiger charge is 2.34. The predicted molar refractivity (Wildman–Crippen MR) is 96.6 cm³/mol. The van der Waals surface area contributed by atoms with Gasteiger partial charge in [0.15, 0.2) is 0 Å². The van der Waals surface area contributed by atoms with Crippen molar-refractivity contribution in [1.29, 1.82) is 0 Å². The molecule has 1 amide bonds. The quantitative estimate of drug-likeness (QED) is 0.528. The molecule has 0 unspecified atom stereocenters. The number of H-pyrrole nitrogens is 1. The number of carbonyl (C=O) groups excluding carboxylic acids is 1. The molecule has 29 heavy (non-hydrogen) atoms. The number of amides is 1. The first-order chi connectivity index (χ1) is 13.6. The molecule has 6 nitrogen and oxygen atoms in total. The Kier molecular flexibility index (Phi) is 4.11. The molecule has 1 heterocycles. The fourth-order valence-electron chi connectivity index (χ4n) is 3.41. The Labute approximate surface area is 161 Å². The molecule has 0 fully saturated rings. The van der Waals surface area contributed by atoms with Gasteiger partial charge in [0.2, 0.25) is 0 Å². The van der Waals surface area contributed by atoms with Crippen molar-refractivity contribution in [2.75, 3.05) is 0 Å². The van der Waals surface area contributed by atoms with Crippen LogP contribution in [0, 0.1) is 0 Å². The molecule has 148 valence electrons. The number of aromatic nitrogens is 1. The second-order valence-corrected chi connectivity index (χ2v) is 6.56. The van der Waals surface area contributed by atoms with Crippen LogP contribution in [-0.4, -0.2) is 21.1 Å². The number of aromatic hydroxyl groups is 2. The number of hydrogen-bond donors (Lipinski definition) is 4. The van der Waals surface area contributed by atoms with E-state index in [0.717, 1.165) is 6.07 Å². The van der Waals surface area contributed by atoms with Crippen LogP contribution >= 0.6 is 0 Å². The summed E-state index contributed by atoms with van der Waals surface area (Å²) in [6.07, 6.45) is -4.73. The molecular weight excluding hydrogens is 389 g/mol. The molecule has 4 N–H and O–H groups in total. The van der Waals surface area contributed by atoms with Crippen molar-refractivity contribution in [3.63, 3.8) is 0 Å². The zero-order chi connectivity index (χ0) is 20.9. The molecule has 0 bridgehead atoms. The Morgan fingerprint density at radius 1 is 0.931 bits per heavy atom. The Morgan fingerprint density at radius 2 is 1.48 bits per heavy atom. The zero-order valence-electron chi connectivity index (χ0n) is 14.5. The predicted octanol–water partition coefficient (Wildman–Crippen LogP) is 3.30. The maximum absolute atomic E-state index is 12.7.